The second-order valence-corrected chi connectivity index (χ2v) is 9.40. The Morgan fingerprint density at radius 1 is 1.10 bits per heavy atom. The van der Waals surface area contributed by atoms with Gasteiger partial charge in [-0.05, 0) is 59.8 Å². The molecule has 1 rings (SSSR count). The molecule has 1 aliphatic rings. The second kappa shape index (κ2) is 12.3. The van der Waals surface area contributed by atoms with E-state index in [-0.39, 0.29) is 43.8 Å². The van der Waals surface area contributed by atoms with Gasteiger partial charge in [0.1, 0.15) is 5.60 Å². The van der Waals surface area contributed by atoms with Gasteiger partial charge in [0.25, 0.3) is 0 Å². The highest BCUT2D eigenvalue weighted by atomic mass is 16.6. The summed E-state index contributed by atoms with van der Waals surface area (Å²) in [6.45, 7) is 9.44. The van der Waals surface area contributed by atoms with E-state index in [0.29, 0.717) is 25.7 Å². The van der Waals surface area contributed by atoms with E-state index < -0.39 is 23.0 Å². The minimum atomic E-state index is -0.640. The van der Waals surface area contributed by atoms with Crippen molar-refractivity contribution in [3.63, 3.8) is 0 Å². The van der Waals surface area contributed by atoms with Gasteiger partial charge >= 0.3 is 11.9 Å². The minimum Gasteiger partial charge on any atom is -0.466 e. The monoisotopic (exact) mass is 427 g/mol. The van der Waals surface area contributed by atoms with Crippen LogP contribution in [-0.2, 0) is 23.9 Å². The molecular formula is C23H41NO6. The highest BCUT2D eigenvalue weighted by molar-refractivity contribution is 5.85. The fourth-order valence-corrected chi connectivity index (χ4v) is 4.22. The van der Waals surface area contributed by atoms with E-state index in [1.54, 1.807) is 6.92 Å². The van der Waals surface area contributed by atoms with Crippen molar-refractivity contribution in [2.75, 3.05) is 13.2 Å². The molecule has 174 valence electrons. The van der Waals surface area contributed by atoms with Gasteiger partial charge in [-0.2, -0.15) is 0 Å². The SMILES string of the molecule is CCC[C@H](CC1(C(=O)N[C@@H](CCO)CC(=O)OCC)CCCC1)C(=O)OC(C)(C)C. The summed E-state index contributed by atoms with van der Waals surface area (Å²) >= 11 is 0. The van der Waals surface area contributed by atoms with Crippen LogP contribution in [0.1, 0.15) is 92.4 Å². The Morgan fingerprint density at radius 2 is 1.73 bits per heavy atom. The Balaban J connectivity index is 2.95. The number of amides is 1. The maximum atomic E-state index is 13.3. The van der Waals surface area contributed by atoms with Crippen molar-refractivity contribution in [2.45, 2.75) is 104 Å². The van der Waals surface area contributed by atoms with Gasteiger partial charge in [0, 0.05) is 12.6 Å². The van der Waals surface area contributed by atoms with Gasteiger partial charge in [-0.25, -0.2) is 0 Å². The summed E-state index contributed by atoms with van der Waals surface area (Å²) in [7, 11) is 0. The molecule has 0 aliphatic heterocycles. The lowest BCUT2D eigenvalue weighted by Crippen LogP contribution is -2.47. The third-order valence-electron chi connectivity index (χ3n) is 5.59. The van der Waals surface area contributed by atoms with Crippen molar-refractivity contribution in [3.8, 4) is 0 Å². The van der Waals surface area contributed by atoms with Crippen LogP contribution >= 0.6 is 0 Å². The Bertz CT molecular complexity index is 563. The number of carbonyl (C=O) groups is 3. The maximum absolute atomic E-state index is 13.3. The highest BCUT2D eigenvalue weighted by Gasteiger charge is 2.45. The summed E-state index contributed by atoms with van der Waals surface area (Å²) in [6.07, 6.45) is 5.56. The van der Waals surface area contributed by atoms with Crippen LogP contribution in [0.4, 0.5) is 0 Å². The van der Waals surface area contributed by atoms with Crippen LogP contribution in [0, 0.1) is 11.3 Å². The van der Waals surface area contributed by atoms with Crippen molar-refractivity contribution in [2.24, 2.45) is 11.3 Å². The standard InChI is InChI=1S/C23H41NO6/c1-6-10-17(20(27)30-22(3,4)5)16-23(12-8-9-13-23)21(28)24-18(11-14-25)15-19(26)29-7-2/h17-18,25H,6-16H2,1-5H3,(H,24,28)/t17-,18+/m1/s1. The Kier molecular flexibility index (Phi) is 10.8. The van der Waals surface area contributed by atoms with Crippen LogP contribution in [-0.4, -0.2) is 47.8 Å². The normalized spacial score (nSPS) is 17.8. The Hall–Kier alpha value is -1.63. The molecule has 0 spiro atoms. The van der Waals surface area contributed by atoms with E-state index in [0.717, 1.165) is 19.3 Å². The minimum absolute atomic E-state index is 0.0284. The highest BCUT2D eigenvalue weighted by Crippen LogP contribution is 2.45. The van der Waals surface area contributed by atoms with Gasteiger partial charge in [0.2, 0.25) is 5.91 Å². The number of rotatable bonds is 12. The Labute approximate surface area is 181 Å². The smallest absolute Gasteiger partial charge is 0.309 e. The van der Waals surface area contributed by atoms with E-state index >= 15 is 0 Å². The lowest BCUT2D eigenvalue weighted by molar-refractivity contribution is -0.162. The first-order valence-corrected chi connectivity index (χ1v) is 11.4. The van der Waals surface area contributed by atoms with Crippen LogP contribution in [0.3, 0.4) is 0 Å². The van der Waals surface area contributed by atoms with Crippen molar-refractivity contribution >= 4 is 17.8 Å². The first-order chi connectivity index (χ1) is 14.1. The maximum Gasteiger partial charge on any atom is 0.309 e. The lowest BCUT2D eigenvalue weighted by atomic mass is 9.75. The molecule has 0 radical (unpaired) electrons. The fraction of sp³-hybridized carbons (Fsp3) is 0.870. The lowest BCUT2D eigenvalue weighted by Gasteiger charge is -2.33. The molecule has 0 saturated heterocycles. The topological polar surface area (TPSA) is 102 Å². The average Bonchev–Trinajstić information content (AvgIpc) is 3.10. The number of ether oxygens (including phenoxy) is 2. The largest absolute Gasteiger partial charge is 0.466 e. The predicted molar refractivity (Wildman–Crippen MR) is 115 cm³/mol. The van der Waals surface area contributed by atoms with Crippen molar-refractivity contribution in [3.05, 3.63) is 0 Å². The van der Waals surface area contributed by atoms with E-state index in [1.165, 1.54) is 0 Å². The summed E-state index contributed by atoms with van der Waals surface area (Å²) in [4.78, 5) is 38.0. The van der Waals surface area contributed by atoms with E-state index in [9.17, 15) is 19.5 Å². The zero-order valence-corrected chi connectivity index (χ0v) is 19.4. The summed E-state index contributed by atoms with van der Waals surface area (Å²) in [5.41, 5.74) is -1.21. The van der Waals surface area contributed by atoms with Gasteiger partial charge in [0.15, 0.2) is 0 Å². The summed E-state index contributed by atoms with van der Waals surface area (Å²) in [6, 6.07) is -0.481. The van der Waals surface area contributed by atoms with Gasteiger partial charge in [-0.3, -0.25) is 14.4 Å². The molecule has 2 N–H and O–H groups in total. The number of carbonyl (C=O) groups excluding carboxylic acids is 3. The third-order valence-corrected chi connectivity index (χ3v) is 5.59. The van der Waals surface area contributed by atoms with Gasteiger partial charge < -0.3 is 19.9 Å². The quantitative estimate of drug-likeness (QED) is 0.462. The number of aliphatic hydroxyl groups is 1. The molecular weight excluding hydrogens is 386 g/mol. The van der Waals surface area contributed by atoms with Crippen LogP contribution < -0.4 is 5.32 Å². The summed E-state index contributed by atoms with van der Waals surface area (Å²) < 4.78 is 10.6. The Morgan fingerprint density at radius 3 is 2.23 bits per heavy atom. The van der Waals surface area contributed by atoms with Gasteiger partial charge in [-0.15, -0.1) is 0 Å². The molecule has 0 aromatic rings. The molecule has 7 nitrogen and oxygen atoms in total. The molecule has 1 amide bonds. The average molecular weight is 428 g/mol. The molecule has 1 aliphatic carbocycles. The van der Waals surface area contributed by atoms with E-state index in [1.807, 2.05) is 27.7 Å². The van der Waals surface area contributed by atoms with Crippen molar-refractivity contribution in [1.29, 1.82) is 0 Å². The summed E-state index contributed by atoms with van der Waals surface area (Å²) in [5.74, 6) is -1.11. The van der Waals surface area contributed by atoms with Crippen molar-refractivity contribution in [1.82, 2.24) is 5.32 Å². The zero-order valence-electron chi connectivity index (χ0n) is 19.4. The number of hydrogen-bond acceptors (Lipinski definition) is 6. The molecule has 7 heteroatoms. The van der Waals surface area contributed by atoms with Gasteiger partial charge in [0.05, 0.1) is 24.4 Å². The second-order valence-electron chi connectivity index (χ2n) is 9.40. The van der Waals surface area contributed by atoms with E-state index in [2.05, 4.69) is 5.32 Å². The number of nitrogens with one attached hydrogen (secondary N) is 1. The number of hydrogen-bond donors (Lipinski definition) is 2. The zero-order chi connectivity index (χ0) is 22.8. The molecule has 0 heterocycles. The van der Waals surface area contributed by atoms with Crippen LogP contribution in [0.25, 0.3) is 0 Å². The molecule has 1 fully saturated rings. The van der Waals surface area contributed by atoms with Gasteiger partial charge in [-0.1, -0.05) is 26.2 Å². The summed E-state index contributed by atoms with van der Waals surface area (Å²) in [5, 5.41) is 12.3. The molecule has 0 aromatic heterocycles. The third kappa shape index (κ3) is 8.62. The first-order valence-electron chi connectivity index (χ1n) is 11.4. The van der Waals surface area contributed by atoms with Crippen LogP contribution in [0.5, 0.6) is 0 Å². The first kappa shape index (κ1) is 26.4. The van der Waals surface area contributed by atoms with Crippen molar-refractivity contribution < 1.29 is 29.0 Å². The predicted octanol–water partition coefficient (Wildman–Crippen LogP) is 3.52. The molecule has 0 unspecified atom stereocenters. The van der Waals surface area contributed by atoms with Crippen LogP contribution in [0.2, 0.25) is 0 Å². The van der Waals surface area contributed by atoms with E-state index in [4.69, 9.17) is 9.47 Å². The molecule has 0 aromatic carbocycles. The fourth-order valence-electron chi connectivity index (χ4n) is 4.22. The number of aliphatic hydroxyl groups excluding tert-OH is 1. The molecule has 30 heavy (non-hydrogen) atoms. The molecule has 0 bridgehead atoms. The molecule has 1 saturated carbocycles. The number of esters is 2. The molecule has 2 atom stereocenters. The van der Waals surface area contributed by atoms with Crippen LogP contribution in [0.15, 0.2) is 0 Å².